The predicted octanol–water partition coefficient (Wildman–Crippen LogP) is 3.49. The van der Waals surface area contributed by atoms with Gasteiger partial charge in [-0.25, -0.2) is 18.2 Å². The zero-order valence-corrected chi connectivity index (χ0v) is 29.3. The maximum atomic E-state index is 14.6. The second-order valence-electron chi connectivity index (χ2n) is 14.7. The quantitative estimate of drug-likeness (QED) is 0.389. The summed E-state index contributed by atoms with van der Waals surface area (Å²) in [6.07, 6.45) is 8.97. The molecular formula is C36H47N5O8S. The number of hydrogen-bond acceptors (Lipinski definition) is 9. The second-order valence-corrected chi connectivity index (χ2v) is 16.7. The average Bonchev–Trinajstić information content (AvgIpc) is 4.04. The first-order valence-electron chi connectivity index (χ1n) is 18.2. The second kappa shape index (κ2) is 14.0. The molecule has 1 aromatic carbocycles. The van der Waals surface area contributed by atoms with E-state index in [0.717, 1.165) is 61.3 Å². The van der Waals surface area contributed by atoms with Crippen molar-refractivity contribution < 1.29 is 37.1 Å². The van der Waals surface area contributed by atoms with E-state index in [-0.39, 0.29) is 31.4 Å². The number of sulfonamides is 1. The van der Waals surface area contributed by atoms with E-state index in [2.05, 4.69) is 26.4 Å². The average molecular weight is 710 g/mol. The summed E-state index contributed by atoms with van der Waals surface area (Å²) in [5.74, 6) is -1.69. The molecule has 3 saturated carbocycles. The monoisotopic (exact) mass is 709 g/mol. The molecule has 7 rings (SSSR count). The van der Waals surface area contributed by atoms with Crippen LogP contribution in [0.15, 0.2) is 30.5 Å². The first-order valence-corrected chi connectivity index (χ1v) is 19.8. The smallest absolute Gasteiger partial charge is 0.407 e. The predicted molar refractivity (Wildman–Crippen MR) is 183 cm³/mol. The summed E-state index contributed by atoms with van der Waals surface area (Å²) in [4.78, 5) is 61.5. The van der Waals surface area contributed by atoms with Crippen molar-refractivity contribution in [3.8, 4) is 5.88 Å². The fourth-order valence-electron chi connectivity index (χ4n) is 8.06. The van der Waals surface area contributed by atoms with Gasteiger partial charge in [0.25, 0.3) is 5.91 Å². The van der Waals surface area contributed by atoms with Crippen LogP contribution in [0.4, 0.5) is 4.79 Å². The molecule has 4 bridgehead atoms. The van der Waals surface area contributed by atoms with Crippen molar-refractivity contribution in [2.45, 2.75) is 119 Å². The van der Waals surface area contributed by atoms with E-state index >= 15 is 0 Å². The molecule has 0 spiro atoms. The van der Waals surface area contributed by atoms with Gasteiger partial charge >= 0.3 is 6.09 Å². The molecule has 3 N–H and O–H groups in total. The van der Waals surface area contributed by atoms with Crippen LogP contribution in [-0.2, 0) is 35.6 Å². The number of pyridine rings is 1. The molecule has 1 aromatic heterocycles. The molecule has 13 nitrogen and oxygen atoms in total. The van der Waals surface area contributed by atoms with Gasteiger partial charge < -0.3 is 25.0 Å². The first kappa shape index (κ1) is 34.5. The fraction of sp³-hybridized carbons (Fsp3) is 0.639. The highest BCUT2D eigenvalue weighted by atomic mass is 32.2. The Balaban J connectivity index is 1.20. The Labute approximate surface area is 292 Å². The number of rotatable bonds is 7. The molecule has 2 aliphatic heterocycles. The van der Waals surface area contributed by atoms with Gasteiger partial charge in [0.1, 0.15) is 23.7 Å². The number of aryl methyl sites for hydroxylation is 1. The van der Waals surface area contributed by atoms with Crippen molar-refractivity contribution in [2.24, 2.45) is 11.8 Å². The number of aromatic nitrogens is 1. The van der Waals surface area contributed by atoms with Gasteiger partial charge in [0, 0.05) is 18.0 Å². The number of cyclic esters (lactones) is 1. The van der Waals surface area contributed by atoms with Crippen LogP contribution in [0.2, 0.25) is 0 Å². The molecule has 3 aliphatic carbocycles. The van der Waals surface area contributed by atoms with Gasteiger partial charge in [-0.2, -0.15) is 0 Å². The van der Waals surface area contributed by atoms with E-state index in [1.54, 1.807) is 6.20 Å². The van der Waals surface area contributed by atoms with Crippen LogP contribution in [0.25, 0.3) is 10.8 Å². The lowest BCUT2D eigenvalue weighted by atomic mass is 9.83. The summed E-state index contributed by atoms with van der Waals surface area (Å²) in [6, 6.07) is 6.07. The third-order valence-corrected chi connectivity index (χ3v) is 13.0. The van der Waals surface area contributed by atoms with Gasteiger partial charge in [-0.3, -0.25) is 19.1 Å². The normalized spacial score (nSPS) is 29.4. The Hall–Kier alpha value is -3.94. The van der Waals surface area contributed by atoms with E-state index in [4.69, 9.17) is 9.47 Å². The molecular weight excluding hydrogens is 662 g/mol. The number of hydrogen-bond donors (Lipinski definition) is 3. The van der Waals surface area contributed by atoms with Crippen molar-refractivity contribution in [2.75, 3.05) is 13.2 Å². The van der Waals surface area contributed by atoms with E-state index in [9.17, 15) is 27.6 Å². The Kier molecular flexibility index (Phi) is 9.66. The fourth-order valence-corrected chi connectivity index (χ4v) is 9.42. The standard InChI is InChI=1S/C36H47N5O8S/c1-2-25-20-36(25,34(44)40-50(46,47)27-13-14-27)39-31(42)29-19-26-21-41(29)33(43)30(24-9-4-3-5-10-24)38-35(45)48-17-7-6-8-22-11-12-23-15-16-37-32(49-26)28(23)18-22/h11-12,15-16,18,24-27,29-30H,2-10,13-14,17,19-21H2,1H3,(H,38,45)(H,39,42)(H,40,44). The molecule has 270 valence electrons. The maximum Gasteiger partial charge on any atom is 0.407 e. The van der Waals surface area contributed by atoms with Crippen molar-refractivity contribution in [3.05, 3.63) is 36.0 Å². The van der Waals surface area contributed by atoms with Crippen molar-refractivity contribution >= 4 is 44.6 Å². The highest BCUT2D eigenvalue weighted by Gasteiger charge is 2.62. The Bertz CT molecular complexity index is 1760. The van der Waals surface area contributed by atoms with Crippen molar-refractivity contribution in [1.29, 1.82) is 0 Å². The largest absolute Gasteiger partial charge is 0.472 e. The summed E-state index contributed by atoms with van der Waals surface area (Å²) in [7, 11) is -3.84. The van der Waals surface area contributed by atoms with E-state index in [1.807, 2.05) is 25.1 Å². The minimum absolute atomic E-state index is 0.0566. The third kappa shape index (κ3) is 7.13. The van der Waals surface area contributed by atoms with Crippen LogP contribution in [0.3, 0.4) is 0 Å². The molecule has 1 saturated heterocycles. The minimum atomic E-state index is -3.84. The zero-order chi connectivity index (χ0) is 35.0. The van der Waals surface area contributed by atoms with Crippen molar-refractivity contribution in [1.82, 2.24) is 25.2 Å². The topological polar surface area (TPSA) is 173 Å². The number of fused-ring (bicyclic) bond motifs is 3. The summed E-state index contributed by atoms with van der Waals surface area (Å²) in [5, 5.41) is 6.94. The van der Waals surface area contributed by atoms with Crippen LogP contribution in [0.5, 0.6) is 5.88 Å². The lowest BCUT2D eigenvalue weighted by molar-refractivity contribution is -0.142. The molecule has 4 amide bonds. The van der Waals surface area contributed by atoms with Gasteiger partial charge in [-0.1, -0.05) is 44.7 Å². The Morgan fingerprint density at radius 2 is 1.86 bits per heavy atom. The number of carbonyl (C=O) groups is 4. The number of alkyl carbamates (subject to hydrolysis) is 1. The van der Waals surface area contributed by atoms with E-state index in [0.29, 0.717) is 38.0 Å². The molecule has 3 heterocycles. The number of amides is 4. The number of ether oxygens (including phenoxy) is 2. The Morgan fingerprint density at radius 3 is 2.60 bits per heavy atom. The zero-order valence-electron chi connectivity index (χ0n) is 28.5. The SMILES string of the molecule is CCC1CC1(NC(=O)C1CC2CN1C(=O)C(C1CCCCC1)NC(=O)OCCCCc1ccc3ccnc(c3c1)O2)C(=O)NS(=O)(=O)C1CC1. The van der Waals surface area contributed by atoms with Crippen LogP contribution >= 0.6 is 0 Å². The van der Waals surface area contributed by atoms with Gasteiger partial charge in [0.2, 0.25) is 27.7 Å². The van der Waals surface area contributed by atoms with Gasteiger partial charge in [-0.05, 0) is 86.3 Å². The Morgan fingerprint density at radius 1 is 1.06 bits per heavy atom. The van der Waals surface area contributed by atoms with Gasteiger partial charge in [-0.15, -0.1) is 0 Å². The number of carbonyl (C=O) groups excluding carboxylic acids is 4. The van der Waals surface area contributed by atoms with Crippen LogP contribution in [0.1, 0.15) is 89.5 Å². The summed E-state index contributed by atoms with van der Waals surface area (Å²) >= 11 is 0. The molecule has 5 unspecified atom stereocenters. The van der Waals surface area contributed by atoms with Gasteiger partial charge in [0.05, 0.1) is 18.4 Å². The van der Waals surface area contributed by atoms with Crippen LogP contribution < -0.4 is 20.1 Å². The lowest BCUT2D eigenvalue weighted by Crippen LogP contribution is -2.59. The molecule has 5 atom stereocenters. The van der Waals surface area contributed by atoms with Crippen molar-refractivity contribution in [3.63, 3.8) is 0 Å². The molecule has 2 aromatic rings. The molecule has 0 radical (unpaired) electrons. The van der Waals surface area contributed by atoms with Crippen LogP contribution in [-0.4, -0.2) is 84.2 Å². The minimum Gasteiger partial charge on any atom is -0.472 e. The lowest BCUT2D eigenvalue weighted by Gasteiger charge is -2.34. The van der Waals surface area contributed by atoms with Crippen LogP contribution in [0, 0.1) is 11.8 Å². The number of nitrogens with one attached hydrogen (secondary N) is 3. The molecule has 50 heavy (non-hydrogen) atoms. The number of nitrogens with zero attached hydrogens (tertiary/aromatic N) is 2. The number of benzene rings is 1. The summed E-state index contributed by atoms with van der Waals surface area (Å²) < 4.78 is 39.7. The van der Waals surface area contributed by atoms with E-state index in [1.165, 1.54) is 4.90 Å². The highest BCUT2D eigenvalue weighted by Crippen LogP contribution is 2.47. The van der Waals surface area contributed by atoms with Gasteiger partial charge in [0.15, 0.2) is 0 Å². The van der Waals surface area contributed by atoms with E-state index < -0.39 is 62.8 Å². The molecule has 4 fully saturated rings. The highest BCUT2D eigenvalue weighted by molar-refractivity contribution is 7.91. The maximum absolute atomic E-state index is 14.6. The summed E-state index contributed by atoms with van der Waals surface area (Å²) in [6.45, 7) is 2.15. The molecule has 5 aliphatic rings. The summed E-state index contributed by atoms with van der Waals surface area (Å²) in [5.41, 5.74) is -0.308. The molecule has 14 heteroatoms. The third-order valence-electron chi connectivity index (χ3n) is 11.2. The first-order chi connectivity index (χ1) is 24.1.